The van der Waals surface area contributed by atoms with Crippen LogP contribution in [0.4, 0.5) is 4.79 Å². The minimum Gasteiger partial charge on any atom is -0.441 e. The molecular weight excluding hydrogens is 422 g/mol. The van der Waals surface area contributed by atoms with Crippen molar-refractivity contribution >= 4 is 30.3 Å². The summed E-state index contributed by atoms with van der Waals surface area (Å²) in [6.45, 7) is 5.12. The van der Waals surface area contributed by atoms with E-state index in [9.17, 15) is 9.59 Å². The Balaban J connectivity index is 1.67. The van der Waals surface area contributed by atoms with Crippen molar-refractivity contribution in [3.63, 3.8) is 0 Å². The summed E-state index contributed by atoms with van der Waals surface area (Å²) in [5.74, 6) is 0.148. The number of fused-ring (bicyclic) bond motifs is 1. The van der Waals surface area contributed by atoms with E-state index in [4.69, 9.17) is 16.3 Å². The van der Waals surface area contributed by atoms with Crippen LogP contribution >= 0.6 is 11.6 Å². The van der Waals surface area contributed by atoms with Gasteiger partial charge < -0.3 is 19.9 Å². The molecule has 2 aromatic heterocycles. The van der Waals surface area contributed by atoms with Gasteiger partial charge in [0.05, 0.1) is 6.04 Å². The lowest BCUT2D eigenvalue weighted by Gasteiger charge is -2.12. The van der Waals surface area contributed by atoms with Crippen molar-refractivity contribution in [1.82, 2.24) is 30.0 Å². The van der Waals surface area contributed by atoms with E-state index in [0.717, 1.165) is 11.1 Å². The average Bonchev–Trinajstić information content (AvgIpc) is 3.41. The molecular formula is C20H24ClN7O3. The molecule has 0 aromatic carbocycles. The number of carbonyl (C=O) groups excluding carboxylic acids is 2. The van der Waals surface area contributed by atoms with Crippen LogP contribution in [0.1, 0.15) is 46.8 Å². The van der Waals surface area contributed by atoms with Crippen LogP contribution in [0, 0.1) is 0 Å². The maximum absolute atomic E-state index is 12.9. The molecule has 1 atom stereocenters. The topological polar surface area (TPSA) is 115 Å². The normalized spacial score (nSPS) is 16.1. The third-order valence-electron chi connectivity index (χ3n) is 4.86. The van der Waals surface area contributed by atoms with Gasteiger partial charge in [0.15, 0.2) is 12.4 Å². The Kier molecular flexibility index (Phi) is 6.91. The summed E-state index contributed by atoms with van der Waals surface area (Å²) in [6.07, 6.45) is 7.39. The van der Waals surface area contributed by atoms with Crippen LogP contribution in [0.5, 0.6) is 0 Å². The van der Waals surface area contributed by atoms with E-state index in [1.54, 1.807) is 31.7 Å². The van der Waals surface area contributed by atoms with E-state index < -0.39 is 6.09 Å². The van der Waals surface area contributed by atoms with Crippen molar-refractivity contribution < 1.29 is 14.3 Å². The third-order valence-corrected chi connectivity index (χ3v) is 5.09. The van der Waals surface area contributed by atoms with Crippen molar-refractivity contribution in [2.75, 3.05) is 0 Å². The molecule has 2 amide bonds. The van der Waals surface area contributed by atoms with Gasteiger partial charge in [-0.1, -0.05) is 17.7 Å². The van der Waals surface area contributed by atoms with Crippen molar-refractivity contribution in [3.05, 3.63) is 58.2 Å². The summed E-state index contributed by atoms with van der Waals surface area (Å²) in [5.41, 5.74) is 2.82. The Morgan fingerprint density at radius 1 is 1.45 bits per heavy atom. The monoisotopic (exact) mass is 445 g/mol. The van der Waals surface area contributed by atoms with E-state index in [0.29, 0.717) is 30.1 Å². The minimum atomic E-state index is -0.562. The van der Waals surface area contributed by atoms with Gasteiger partial charge in [0, 0.05) is 26.0 Å². The summed E-state index contributed by atoms with van der Waals surface area (Å²) in [6, 6.07) is -0.243. The van der Waals surface area contributed by atoms with Gasteiger partial charge >= 0.3 is 6.09 Å². The number of nitrogens with one attached hydrogen (secondary N) is 2. The van der Waals surface area contributed by atoms with Crippen molar-refractivity contribution in [3.8, 4) is 0 Å². The number of rotatable bonds is 7. The number of nitrogens with zero attached hydrogens (tertiary/aromatic N) is 5. The minimum absolute atomic E-state index is 0.0174. The molecule has 0 bridgehead atoms. The number of halogens is 1. The Labute approximate surface area is 184 Å². The van der Waals surface area contributed by atoms with Gasteiger partial charge in [-0.2, -0.15) is 5.10 Å². The smallest absolute Gasteiger partial charge is 0.408 e. The lowest BCUT2D eigenvalue weighted by atomic mass is 10.1. The molecule has 1 aliphatic carbocycles. The van der Waals surface area contributed by atoms with Crippen molar-refractivity contribution in [2.45, 2.75) is 32.4 Å². The lowest BCUT2D eigenvalue weighted by molar-refractivity contribution is 0.0958. The summed E-state index contributed by atoms with van der Waals surface area (Å²) >= 11 is 5.88. The maximum atomic E-state index is 12.9. The Morgan fingerprint density at radius 3 is 2.87 bits per heavy atom. The molecule has 31 heavy (non-hydrogen) atoms. The van der Waals surface area contributed by atoms with Crippen LogP contribution in [-0.4, -0.2) is 38.0 Å². The molecule has 1 aliphatic rings. The van der Waals surface area contributed by atoms with Gasteiger partial charge in [-0.15, -0.1) is 0 Å². The van der Waals surface area contributed by atoms with Gasteiger partial charge in [0.25, 0.3) is 5.91 Å². The first-order chi connectivity index (χ1) is 14.8. The Hall–Kier alpha value is -3.40. The number of aryl methyl sites for hydroxylation is 2. The van der Waals surface area contributed by atoms with Gasteiger partial charge in [-0.05, 0) is 43.7 Å². The number of hydrogen-bond acceptors (Lipinski definition) is 6. The van der Waals surface area contributed by atoms with E-state index in [2.05, 4.69) is 32.4 Å². The molecule has 0 radical (unpaired) electrons. The summed E-state index contributed by atoms with van der Waals surface area (Å²) in [5, 5.41) is 9.92. The Morgan fingerprint density at radius 2 is 2.23 bits per heavy atom. The fraction of sp³-hybridized carbons (Fsp3) is 0.350. The molecule has 0 fully saturated rings. The van der Waals surface area contributed by atoms with E-state index in [-0.39, 0.29) is 23.7 Å². The van der Waals surface area contributed by atoms with E-state index in [1.165, 1.54) is 17.1 Å². The fourth-order valence-corrected chi connectivity index (χ4v) is 3.59. The van der Waals surface area contributed by atoms with Crippen molar-refractivity contribution in [2.24, 2.45) is 19.1 Å². The first-order valence-corrected chi connectivity index (χ1v) is 9.97. The standard InChI is InChI=1S/C20H24ClN7O3/c1-5-12(8-16(21)22-2)24-19(29)18-13-6-7-15(14(13)9-27(18)3)25-20(30)31-10-17-23-11-28(4)26-17/h5,8-9,11,15H,2,6-7,10H2,1,3-4H3,(H,24,29)(H,25,30)/b12-5+,16-8-. The van der Waals surface area contributed by atoms with Gasteiger partial charge in [-0.3, -0.25) is 14.5 Å². The molecule has 0 aliphatic heterocycles. The second-order valence-corrected chi connectivity index (χ2v) is 7.38. The number of carbonyl (C=O) groups is 2. The first-order valence-electron chi connectivity index (χ1n) is 9.59. The first kappa shape index (κ1) is 22.3. The zero-order chi connectivity index (χ0) is 22.5. The highest BCUT2D eigenvalue weighted by molar-refractivity contribution is 6.29. The van der Waals surface area contributed by atoms with E-state index >= 15 is 0 Å². The summed E-state index contributed by atoms with van der Waals surface area (Å²) in [7, 11) is 3.53. The van der Waals surface area contributed by atoms with Gasteiger partial charge in [0.2, 0.25) is 0 Å². The number of amides is 2. The number of allylic oxidation sites excluding steroid dienone is 2. The van der Waals surface area contributed by atoms with Crippen LogP contribution < -0.4 is 10.6 Å². The molecule has 1 unspecified atom stereocenters. The lowest BCUT2D eigenvalue weighted by Crippen LogP contribution is -2.27. The highest BCUT2D eigenvalue weighted by Crippen LogP contribution is 2.34. The highest BCUT2D eigenvalue weighted by atomic mass is 35.5. The molecule has 2 heterocycles. The molecule has 164 valence electrons. The summed E-state index contributed by atoms with van der Waals surface area (Å²) in [4.78, 5) is 32.7. The van der Waals surface area contributed by atoms with E-state index in [1.807, 2.05) is 6.20 Å². The average molecular weight is 446 g/mol. The fourth-order valence-electron chi connectivity index (χ4n) is 3.47. The number of ether oxygens (including phenoxy) is 1. The predicted octanol–water partition coefficient (Wildman–Crippen LogP) is 2.48. The molecule has 0 saturated heterocycles. The number of aliphatic imine (C=N–C) groups is 1. The highest BCUT2D eigenvalue weighted by Gasteiger charge is 2.31. The van der Waals surface area contributed by atoms with Gasteiger partial charge in [-0.25, -0.2) is 9.78 Å². The largest absolute Gasteiger partial charge is 0.441 e. The number of alkyl carbamates (subject to hydrolysis) is 1. The molecule has 3 rings (SSSR count). The molecule has 2 aromatic rings. The van der Waals surface area contributed by atoms with Crippen LogP contribution in [-0.2, 0) is 31.9 Å². The van der Waals surface area contributed by atoms with Crippen molar-refractivity contribution in [1.29, 1.82) is 0 Å². The maximum Gasteiger partial charge on any atom is 0.408 e. The molecule has 11 heteroatoms. The second kappa shape index (κ2) is 9.61. The molecule has 0 spiro atoms. The zero-order valence-electron chi connectivity index (χ0n) is 17.6. The molecule has 10 nitrogen and oxygen atoms in total. The third kappa shape index (κ3) is 5.21. The molecule has 0 saturated carbocycles. The predicted molar refractivity (Wildman–Crippen MR) is 116 cm³/mol. The van der Waals surface area contributed by atoms with Crippen LogP contribution in [0.2, 0.25) is 0 Å². The SMILES string of the molecule is C=N/C(Cl)=C\C(=C/C)NC(=O)c1c2c(cn1C)C(NC(=O)OCc1ncn(C)n1)CC2. The van der Waals surface area contributed by atoms with Crippen LogP contribution in [0.3, 0.4) is 0 Å². The van der Waals surface area contributed by atoms with Crippen LogP contribution in [0.15, 0.2) is 40.5 Å². The van der Waals surface area contributed by atoms with Crippen LogP contribution in [0.25, 0.3) is 0 Å². The quantitative estimate of drug-likeness (QED) is 0.386. The number of hydrogen-bond donors (Lipinski definition) is 2. The van der Waals surface area contributed by atoms with Gasteiger partial charge in [0.1, 0.15) is 17.2 Å². The molecule has 2 N–H and O–H groups in total. The zero-order valence-corrected chi connectivity index (χ0v) is 18.3. The Bertz CT molecular complexity index is 1070. The number of aromatic nitrogens is 4. The second-order valence-electron chi connectivity index (χ2n) is 6.99. The summed E-state index contributed by atoms with van der Waals surface area (Å²) < 4.78 is 8.49.